The number of rotatable bonds is 8. The highest BCUT2D eigenvalue weighted by molar-refractivity contribution is 5.76. The molecule has 0 heterocycles. The minimum Gasteiger partial charge on any atom is -0.383 e. The predicted molar refractivity (Wildman–Crippen MR) is 82.7 cm³/mol. The van der Waals surface area contributed by atoms with Crippen LogP contribution < -0.4 is 10.6 Å². The molecule has 2 N–H and O–H groups in total. The van der Waals surface area contributed by atoms with Crippen LogP contribution in [0.2, 0.25) is 0 Å². The molecular weight excluding hydrogens is 252 g/mol. The second kappa shape index (κ2) is 10.2. The Kier molecular flexibility index (Phi) is 8.86. The highest BCUT2D eigenvalue weighted by Crippen LogP contribution is 2.28. The van der Waals surface area contributed by atoms with E-state index < -0.39 is 0 Å². The van der Waals surface area contributed by atoms with Crippen molar-refractivity contribution in [1.29, 1.82) is 0 Å². The molecule has 2 atom stereocenters. The molecule has 0 spiro atoms. The van der Waals surface area contributed by atoms with Gasteiger partial charge in [-0.2, -0.15) is 0 Å². The maximum atomic E-state index is 11.6. The van der Waals surface area contributed by atoms with Crippen LogP contribution in [0, 0.1) is 11.8 Å². The standard InChI is InChI=1S/C16H32N2O2/c1-13(2)14-5-4-6-15(8-7-14)17-10-9-16(19)18-11-12-20-3/h13-15,17H,4-12H2,1-3H3,(H,18,19). The van der Waals surface area contributed by atoms with Gasteiger partial charge in [0.15, 0.2) is 0 Å². The Bertz CT molecular complexity index is 269. The lowest BCUT2D eigenvalue weighted by Gasteiger charge is -2.19. The van der Waals surface area contributed by atoms with Gasteiger partial charge < -0.3 is 15.4 Å². The van der Waals surface area contributed by atoms with Crippen LogP contribution in [0.3, 0.4) is 0 Å². The molecule has 0 bridgehead atoms. The lowest BCUT2D eigenvalue weighted by molar-refractivity contribution is -0.121. The number of hydrogen-bond donors (Lipinski definition) is 2. The van der Waals surface area contributed by atoms with E-state index in [-0.39, 0.29) is 5.91 Å². The zero-order chi connectivity index (χ0) is 14.8. The Balaban J connectivity index is 2.11. The van der Waals surface area contributed by atoms with E-state index in [1.807, 2.05) is 0 Å². The molecule has 4 nitrogen and oxygen atoms in total. The van der Waals surface area contributed by atoms with Crippen LogP contribution in [-0.4, -0.2) is 38.8 Å². The summed E-state index contributed by atoms with van der Waals surface area (Å²) in [5, 5.41) is 6.40. The first-order chi connectivity index (χ1) is 9.63. The van der Waals surface area contributed by atoms with Gasteiger partial charge in [-0.1, -0.05) is 26.7 Å². The van der Waals surface area contributed by atoms with Gasteiger partial charge in [-0.05, 0) is 31.1 Å². The van der Waals surface area contributed by atoms with Gasteiger partial charge in [0, 0.05) is 32.7 Å². The van der Waals surface area contributed by atoms with E-state index in [2.05, 4.69) is 24.5 Å². The molecule has 118 valence electrons. The van der Waals surface area contributed by atoms with Crippen LogP contribution in [-0.2, 0) is 9.53 Å². The van der Waals surface area contributed by atoms with Crippen molar-refractivity contribution in [3.8, 4) is 0 Å². The molecule has 0 aromatic rings. The maximum absolute atomic E-state index is 11.6. The normalized spacial score (nSPS) is 23.6. The van der Waals surface area contributed by atoms with Gasteiger partial charge in [-0.15, -0.1) is 0 Å². The number of methoxy groups -OCH3 is 1. The van der Waals surface area contributed by atoms with E-state index in [0.717, 1.165) is 18.4 Å². The molecule has 2 unspecified atom stereocenters. The topological polar surface area (TPSA) is 50.4 Å². The van der Waals surface area contributed by atoms with Gasteiger partial charge in [0.1, 0.15) is 0 Å². The molecule has 20 heavy (non-hydrogen) atoms. The zero-order valence-electron chi connectivity index (χ0n) is 13.4. The van der Waals surface area contributed by atoms with Crippen molar-refractivity contribution >= 4 is 5.91 Å². The zero-order valence-corrected chi connectivity index (χ0v) is 13.4. The maximum Gasteiger partial charge on any atom is 0.221 e. The molecule has 1 aliphatic rings. The van der Waals surface area contributed by atoms with E-state index in [1.54, 1.807) is 7.11 Å². The molecule has 0 aliphatic heterocycles. The predicted octanol–water partition coefficient (Wildman–Crippen LogP) is 2.33. The molecule has 1 aliphatic carbocycles. The summed E-state index contributed by atoms with van der Waals surface area (Å²) in [5.74, 6) is 1.81. The Morgan fingerprint density at radius 1 is 1.20 bits per heavy atom. The fourth-order valence-corrected chi connectivity index (χ4v) is 2.97. The van der Waals surface area contributed by atoms with Crippen molar-refractivity contribution in [3.63, 3.8) is 0 Å². The van der Waals surface area contributed by atoms with Crippen molar-refractivity contribution in [2.45, 2.75) is 58.4 Å². The van der Waals surface area contributed by atoms with Crippen LogP contribution in [0.5, 0.6) is 0 Å². The van der Waals surface area contributed by atoms with E-state index in [9.17, 15) is 4.79 Å². The molecular formula is C16H32N2O2. The molecule has 0 saturated heterocycles. The minimum atomic E-state index is 0.114. The van der Waals surface area contributed by atoms with E-state index in [0.29, 0.717) is 25.6 Å². The fourth-order valence-electron chi connectivity index (χ4n) is 2.97. The van der Waals surface area contributed by atoms with E-state index >= 15 is 0 Å². The van der Waals surface area contributed by atoms with Crippen molar-refractivity contribution in [2.75, 3.05) is 26.8 Å². The number of carbonyl (C=O) groups excluding carboxylic acids is 1. The third-order valence-corrected chi connectivity index (χ3v) is 4.37. The molecule has 1 rings (SSSR count). The lowest BCUT2D eigenvalue weighted by Crippen LogP contribution is -2.34. The van der Waals surface area contributed by atoms with Crippen LogP contribution in [0.1, 0.15) is 52.4 Å². The Morgan fingerprint density at radius 2 is 2.00 bits per heavy atom. The summed E-state index contributed by atoms with van der Waals surface area (Å²) in [6.07, 6.45) is 7.10. The van der Waals surface area contributed by atoms with Gasteiger partial charge in [0.05, 0.1) is 6.61 Å². The molecule has 4 heteroatoms. The Labute approximate surface area is 124 Å². The van der Waals surface area contributed by atoms with Crippen LogP contribution >= 0.6 is 0 Å². The first kappa shape index (κ1) is 17.4. The van der Waals surface area contributed by atoms with Gasteiger partial charge in [-0.25, -0.2) is 0 Å². The molecule has 0 aromatic heterocycles. The molecule has 1 fully saturated rings. The number of ether oxygens (including phenoxy) is 1. The van der Waals surface area contributed by atoms with Crippen molar-refractivity contribution in [2.24, 2.45) is 11.8 Å². The molecule has 0 aromatic carbocycles. The summed E-state index contributed by atoms with van der Waals surface area (Å²) in [6.45, 7) is 6.65. The molecule has 1 amide bonds. The van der Waals surface area contributed by atoms with Crippen LogP contribution in [0.25, 0.3) is 0 Å². The smallest absolute Gasteiger partial charge is 0.221 e. The summed E-state index contributed by atoms with van der Waals surface area (Å²) < 4.78 is 4.90. The summed E-state index contributed by atoms with van der Waals surface area (Å²) >= 11 is 0. The average molecular weight is 284 g/mol. The number of hydrogen-bond acceptors (Lipinski definition) is 3. The van der Waals surface area contributed by atoms with Gasteiger partial charge in [0.2, 0.25) is 5.91 Å². The van der Waals surface area contributed by atoms with Crippen LogP contribution in [0.15, 0.2) is 0 Å². The third kappa shape index (κ3) is 7.25. The fraction of sp³-hybridized carbons (Fsp3) is 0.938. The lowest BCUT2D eigenvalue weighted by atomic mass is 9.89. The monoisotopic (exact) mass is 284 g/mol. The molecule has 1 saturated carbocycles. The Morgan fingerprint density at radius 3 is 2.70 bits per heavy atom. The highest BCUT2D eigenvalue weighted by atomic mass is 16.5. The van der Waals surface area contributed by atoms with E-state index in [1.165, 1.54) is 32.1 Å². The van der Waals surface area contributed by atoms with Gasteiger partial charge in [0.25, 0.3) is 0 Å². The third-order valence-electron chi connectivity index (χ3n) is 4.37. The van der Waals surface area contributed by atoms with Gasteiger partial charge >= 0.3 is 0 Å². The first-order valence-corrected chi connectivity index (χ1v) is 8.12. The van der Waals surface area contributed by atoms with Crippen molar-refractivity contribution < 1.29 is 9.53 Å². The second-order valence-corrected chi connectivity index (χ2v) is 6.26. The summed E-state index contributed by atoms with van der Waals surface area (Å²) in [4.78, 5) is 11.6. The summed E-state index contributed by atoms with van der Waals surface area (Å²) in [5.41, 5.74) is 0. The average Bonchev–Trinajstić information content (AvgIpc) is 2.65. The van der Waals surface area contributed by atoms with Crippen molar-refractivity contribution in [1.82, 2.24) is 10.6 Å². The highest BCUT2D eigenvalue weighted by Gasteiger charge is 2.20. The molecule has 0 radical (unpaired) electrons. The largest absolute Gasteiger partial charge is 0.383 e. The van der Waals surface area contributed by atoms with Crippen LogP contribution in [0.4, 0.5) is 0 Å². The second-order valence-electron chi connectivity index (χ2n) is 6.26. The number of amides is 1. The quantitative estimate of drug-likeness (QED) is 0.531. The van der Waals surface area contributed by atoms with Gasteiger partial charge in [-0.3, -0.25) is 4.79 Å². The number of carbonyl (C=O) groups is 1. The Hall–Kier alpha value is -0.610. The minimum absolute atomic E-state index is 0.114. The summed E-state index contributed by atoms with van der Waals surface area (Å²) in [6, 6.07) is 0.602. The summed E-state index contributed by atoms with van der Waals surface area (Å²) in [7, 11) is 1.64. The van der Waals surface area contributed by atoms with Crippen molar-refractivity contribution in [3.05, 3.63) is 0 Å². The van der Waals surface area contributed by atoms with E-state index in [4.69, 9.17) is 4.74 Å². The first-order valence-electron chi connectivity index (χ1n) is 8.12. The number of nitrogens with one attached hydrogen (secondary N) is 2. The SMILES string of the molecule is COCCNC(=O)CCNC1CCCC(C(C)C)CC1.